The molecule has 0 radical (unpaired) electrons. The number of benzene rings is 2. The number of thiazole rings is 1. The van der Waals surface area contributed by atoms with Gasteiger partial charge in [-0.3, -0.25) is 0 Å². The Hall–Kier alpha value is -2.51. The molecule has 2 heterocycles. The molecule has 0 amide bonds. The van der Waals surface area contributed by atoms with E-state index in [-0.39, 0.29) is 6.10 Å². The van der Waals surface area contributed by atoms with E-state index in [1.165, 1.54) is 0 Å². The van der Waals surface area contributed by atoms with Gasteiger partial charge in [-0.25, -0.2) is 4.98 Å². The number of halogens is 1. The number of ether oxygens (including phenoxy) is 1. The van der Waals surface area contributed by atoms with E-state index in [0.717, 1.165) is 32.1 Å². The predicted molar refractivity (Wildman–Crippen MR) is 114 cm³/mol. The molecule has 0 unspecified atom stereocenters. The highest BCUT2D eigenvalue weighted by Crippen LogP contribution is 2.26. The van der Waals surface area contributed by atoms with Crippen molar-refractivity contribution in [1.82, 2.24) is 15.1 Å². The van der Waals surface area contributed by atoms with Gasteiger partial charge in [-0.2, -0.15) is 4.98 Å². The van der Waals surface area contributed by atoms with E-state index < -0.39 is 0 Å². The molecule has 142 valence electrons. The summed E-state index contributed by atoms with van der Waals surface area (Å²) < 4.78 is 12.1. The third-order valence-corrected chi connectivity index (χ3v) is 5.32. The van der Waals surface area contributed by atoms with Gasteiger partial charge in [0.2, 0.25) is 11.7 Å². The minimum absolute atomic E-state index is 0.142. The fourth-order valence-corrected chi connectivity index (χ4v) is 3.73. The van der Waals surface area contributed by atoms with Crippen molar-refractivity contribution in [2.45, 2.75) is 26.4 Å². The largest absolute Gasteiger partial charge is 0.491 e. The number of hydrogen-bond acceptors (Lipinski definition) is 6. The van der Waals surface area contributed by atoms with Crippen LogP contribution in [-0.4, -0.2) is 21.2 Å². The van der Waals surface area contributed by atoms with Crippen molar-refractivity contribution in [3.05, 3.63) is 69.3 Å². The summed E-state index contributed by atoms with van der Waals surface area (Å²) in [6.45, 7) is 4.00. The molecule has 0 aliphatic rings. The molecule has 4 rings (SSSR count). The molecular weight excluding hydrogens is 438 g/mol. The van der Waals surface area contributed by atoms with Gasteiger partial charge in [0.15, 0.2) is 0 Å². The summed E-state index contributed by atoms with van der Waals surface area (Å²) in [5, 5.41) is 7.08. The first-order valence-corrected chi connectivity index (χ1v) is 10.5. The SMILES string of the molecule is CC(C)Oc1ccc(-c2noc(Cc3nc(-c4ccc(Br)cc4)cs3)n2)cc1. The molecular formula is C21H18BrN3O2S. The smallest absolute Gasteiger partial charge is 0.233 e. The number of hydrogen-bond donors (Lipinski definition) is 0. The van der Waals surface area contributed by atoms with Gasteiger partial charge in [-0.15, -0.1) is 11.3 Å². The van der Waals surface area contributed by atoms with Gasteiger partial charge in [0.05, 0.1) is 18.2 Å². The molecule has 0 fully saturated rings. The predicted octanol–water partition coefficient (Wildman–Crippen LogP) is 6.00. The molecule has 0 saturated heterocycles. The van der Waals surface area contributed by atoms with Gasteiger partial charge < -0.3 is 9.26 Å². The van der Waals surface area contributed by atoms with Gasteiger partial charge in [0, 0.05) is 21.0 Å². The van der Waals surface area contributed by atoms with E-state index in [1.807, 2.05) is 67.8 Å². The van der Waals surface area contributed by atoms with Crippen molar-refractivity contribution in [3.63, 3.8) is 0 Å². The second-order valence-corrected chi connectivity index (χ2v) is 8.37. The molecule has 0 aliphatic carbocycles. The topological polar surface area (TPSA) is 61.0 Å². The van der Waals surface area contributed by atoms with Crippen molar-refractivity contribution < 1.29 is 9.26 Å². The van der Waals surface area contributed by atoms with Gasteiger partial charge >= 0.3 is 0 Å². The number of aromatic nitrogens is 3. The second kappa shape index (κ2) is 8.24. The minimum Gasteiger partial charge on any atom is -0.491 e. The average Bonchev–Trinajstić information content (AvgIpc) is 3.33. The van der Waals surface area contributed by atoms with Crippen LogP contribution >= 0.6 is 27.3 Å². The maximum absolute atomic E-state index is 5.66. The van der Waals surface area contributed by atoms with Gasteiger partial charge in [0.1, 0.15) is 10.8 Å². The zero-order chi connectivity index (χ0) is 19.5. The van der Waals surface area contributed by atoms with Crippen LogP contribution in [0.2, 0.25) is 0 Å². The van der Waals surface area contributed by atoms with Crippen LogP contribution in [0.5, 0.6) is 5.75 Å². The van der Waals surface area contributed by atoms with Crippen molar-refractivity contribution in [1.29, 1.82) is 0 Å². The van der Waals surface area contributed by atoms with Gasteiger partial charge in [-0.1, -0.05) is 33.2 Å². The van der Waals surface area contributed by atoms with Crippen molar-refractivity contribution in [3.8, 4) is 28.4 Å². The maximum atomic E-state index is 5.66. The summed E-state index contributed by atoms with van der Waals surface area (Å²) in [5.41, 5.74) is 2.93. The fraction of sp³-hybridized carbons (Fsp3) is 0.190. The fourth-order valence-electron chi connectivity index (χ4n) is 2.67. The Kier molecular flexibility index (Phi) is 5.54. The second-order valence-electron chi connectivity index (χ2n) is 6.51. The minimum atomic E-state index is 0.142. The molecule has 2 aromatic heterocycles. The quantitative estimate of drug-likeness (QED) is 0.356. The zero-order valence-corrected chi connectivity index (χ0v) is 17.8. The lowest BCUT2D eigenvalue weighted by molar-refractivity contribution is 0.242. The number of nitrogens with zero attached hydrogens (tertiary/aromatic N) is 3. The van der Waals surface area contributed by atoms with Crippen molar-refractivity contribution in [2.75, 3.05) is 0 Å². The lowest BCUT2D eigenvalue weighted by atomic mass is 10.2. The van der Waals surface area contributed by atoms with Crippen LogP contribution in [0.25, 0.3) is 22.6 Å². The molecule has 0 aliphatic heterocycles. The molecule has 0 bridgehead atoms. The van der Waals surface area contributed by atoms with Crippen LogP contribution in [0.3, 0.4) is 0 Å². The third-order valence-electron chi connectivity index (χ3n) is 3.95. The molecule has 5 nitrogen and oxygen atoms in total. The molecule has 28 heavy (non-hydrogen) atoms. The van der Waals surface area contributed by atoms with Gasteiger partial charge in [0.25, 0.3) is 0 Å². The average molecular weight is 456 g/mol. The van der Waals surface area contributed by atoms with Gasteiger partial charge in [-0.05, 0) is 50.2 Å². The first-order valence-electron chi connectivity index (χ1n) is 8.87. The molecule has 2 aromatic carbocycles. The highest BCUT2D eigenvalue weighted by Gasteiger charge is 2.12. The molecule has 0 atom stereocenters. The summed E-state index contributed by atoms with van der Waals surface area (Å²) in [6, 6.07) is 15.8. The van der Waals surface area contributed by atoms with E-state index in [4.69, 9.17) is 9.26 Å². The third kappa shape index (κ3) is 4.48. The monoisotopic (exact) mass is 455 g/mol. The van der Waals surface area contributed by atoms with E-state index in [2.05, 4.69) is 31.1 Å². The van der Waals surface area contributed by atoms with E-state index >= 15 is 0 Å². The first-order chi connectivity index (χ1) is 13.6. The molecule has 7 heteroatoms. The van der Waals surface area contributed by atoms with E-state index in [1.54, 1.807) is 11.3 Å². The Bertz CT molecular complexity index is 1060. The summed E-state index contributed by atoms with van der Waals surface area (Å²) in [4.78, 5) is 9.19. The highest BCUT2D eigenvalue weighted by atomic mass is 79.9. The Balaban J connectivity index is 1.46. The summed E-state index contributed by atoms with van der Waals surface area (Å²) in [7, 11) is 0. The zero-order valence-electron chi connectivity index (χ0n) is 15.4. The highest BCUT2D eigenvalue weighted by molar-refractivity contribution is 9.10. The Morgan fingerprint density at radius 1 is 1.00 bits per heavy atom. The van der Waals surface area contributed by atoms with Crippen LogP contribution in [0, 0.1) is 0 Å². The lowest BCUT2D eigenvalue weighted by Gasteiger charge is -2.09. The van der Waals surface area contributed by atoms with Crippen molar-refractivity contribution >= 4 is 27.3 Å². The van der Waals surface area contributed by atoms with Crippen LogP contribution in [-0.2, 0) is 6.42 Å². The van der Waals surface area contributed by atoms with Crippen LogP contribution < -0.4 is 4.74 Å². The van der Waals surface area contributed by atoms with Crippen LogP contribution in [0.15, 0.2) is 62.9 Å². The summed E-state index contributed by atoms with van der Waals surface area (Å²) in [6.07, 6.45) is 0.658. The Morgan fingerprint density at radius 3 is 2.43 bits per heavy atom. The molecule has 0 N–H and O–H groups in total. The number of rotatable bonds is 6. The lowest BCUT2D eigenvalue weighted by Crippen LogP contribution is -2.05. The molecule has 0 saturated carbocycles. The van der Waals surface area contributed by atoms with Crippen LogP contribution in [0.4, 0.5) is 0 Å². The normalized spacial score (nSPS) is 11.1. The maximum Gasteiger partial charge on any atom is 0.233 e. The summed E-state index contributed by atoms with van der Waals surface area (Å²) >= 11 is 5.04. The van der Waals surface area contributed by atoms with Crippen molar-refractivity contribution in [2.24, 2.45) is 0 Å². The Morgan fingerprint density at radius 2 is 1.71 bits per heavy atom. The summed E-state index contributed by atoms with van der Waals surface area (Å²) in [5.74, 6) is 1.94. The van der Waals surface area contributed by atoms with Crippen LogP contribution in [0.1, 0.15) is 24.7 Å². The van der Waals surface area contributed by atoms with E-state index in [9.17, 15) is 0 Å². The van der Waals surface area contributed by atoms with E-state index in [0.29, 0.717) is 18.1 Å². The molecule has 4 aromatic rings. The first kappa shape index (κ1) is 18.8. The Labute approximate surface area is 175 Å². The molecule has 0 spiro atoms. The standard InChI is InChI=1S/C21H18BrN3O2S/c1-13(2)26-17-9-5-15(6-10-17)21-24-19(27-25-21)11-20-23-18(12-28-20)14-3-7-16(22)8-4-14/h3-10,12-13H,11H2,1-2H3.